The first-order chi connectivity index (χ1) is 16.0. The molecule has 8 heteroatoms. The number of hydrogen-bond donors (Lipinski definition) is 3. The average Bonchev–Trinajstić information content (AvgIpc) is 3.46. The van der Waals surface area contributed by atoms with Crippen molar-refractivity contribution in [1.82, 2.24) is 26.1 Å². The van der Waals surface area contributed by atoms with Crippen molar-refractivity contribution < 1.29 is 14.1 Å². The molecule has 0 aliphatic heterocycles. The van der Waals surface area contributed by atoms with Crippen molar-refractivity contribution in [3.05, 3.63) is 72.1 Å². The third-order valence-corrected chi connectivity index (χ3v) is 5.77. The van der Waals surface area contributed by atoms with Crippen LogP contribution in [0.25, 0.3) is 11.4 Å². The maximum Gasteiger partial charge on any atom is 0.315 e. The molecule has 1 aromatic heterocycles. The van der Waals surface area contributed by atoms with Crippen LogP contribution in [0.1, 0.15) is 44.1 Å². The SMILES string of the molecule is CC(C)NC(=O)[C@H]1C[C@H](NC(=O)NCc2ccccc2)[C@H](c2nc(-c3ccccc3)no2)C1. The first-order valence-corrected chi connectivity index (χ1v) is 11.3. The number of amides is 3. The Hall–Kier alpha value is -3.68. The third kappa shape index (κ3) is 5.77. The number of rotatable bonds is 7. The van der Waals surface area contributed by atoms with Gasteiger partial charge in [0.25, 0.3) is 0 Å². The van der Waals surface area contributed by atoms with Crippen LogP contribution in [0.3, 0.4) is 0 Å². The fraction of sp³-hybridized carbons (Fsp3) is 0.360. The smallest absolute Gasteiger partial charge is 0.315 e. The molecule has 2 aromatic carbocycles. The summed E-state index contributed by atoms with van der Waals surface area (Å²) >= 11 is 0. The zero-order chi connectivity index (χ0) is 23.2. The fourth-order valence-electron chi connectivity index (χ4n) is 4.17. The number of carbonyl (C=O) groups excluding carboxylic acids is 2. The summed E-state index contributed by atoms with van der Waals surface area (Å²) in [5.74, 6) is 0.408. The predicted molar refractivity (Wildman–Crippen MR) is 124 cm³/mol. The molecule has 1 fully saturated rings. The fourth-order valence-corrected chi connectivity index (χ4v) is 4.17. The standard InChI is InChI=1S/C25H29N5O3/c1-16(2)27-23(31)19-13-20(24-29-22(30-33-24)18-11-7-4-8-12-18)21(14-19)28-25(32)26-15-17-9-5-3-6-10-17/h3-12,16,19-21H,13-15H2,1-2H3,(H,27,31)(H2,26,28,32)/t19-,20-,21+/m1/s1. The quantitative estimate of drug-likeness (QED) is 0.513. The maximum atomic E-state index is 12.7. The minimum Gasteiger partial charge on any atom is -0.354 e. The van der Waals surface area contributed by atoms with Gasteiger partial charge in [0.15, 0.2) is 0 Å². The lowest BCUT2D eigenvalue weighted by Gasteiger charge is -2.18. The van der Waals surface area contributed by atoms with Crippen molar-refractivity contribution in [2.75, 3.05) is 0 Å². The number of benzene rings is 2. The van der Waals surface area contributed by atoms with Crippen LogP contribution in [-0.4, -0.2) is 34.2 Å². The molecule has 3 amide bonds. The Bertz CT molecular complexity index is 1070. The molecule has 0 bridgehead atoms. The Morgan fingerprint density at radius 2 is 1.73 bits per heavy atom. The summed E-state index contributed by atoms with van der Waals surface area (Å²) in [4.78, 5) is 29.9. The van der Waals surface area contributed by atoms with Gasteiger partial charge in [-0.3, -0.25) is 4.79 Å². The average molecular weight is 448 g/mol. The number of aromatic nitrogens is 2. The summed E-state index contributed by atoms with van der Waals surface area (Å²) in [5.41, 5.74) is 1.86. The third-order valence-electron chi connectivity index (χ3n) is 5.77. The zero-order valence-corrected chi connectivity index (χ0v) is 18.8. The highest BCUT2D eigenvalue weighted by atomic mass is 16.5. The summed E-state index contributed by atoms with van der Waals surface area (Å²) in [6.45, 7) is 4.28. The Morgan fingerprint density at radius 3 is 2.42 bits per heavy atom. The van der Waals surface area contributed by atoms with E-state index >= 15 is 0 Å². The van der Waals surface area contributed by atoms with E-state index in [-0.39, 0.29) is 35.9 Å². The van der Waals surface area contributed by atoms with Gasteiger partial charge in [-0.1, -0.05) is 65.8 Å². The molecule has 1 heterocycles. The molecule has 0 spiro atoms. The van der Waals surface area contributed by atoms with Gasteiger partial charge >= 0.3 is 6.03 Å². The molecular weight excluding hydrogens is 418 g/mol. The molecule has 1 saturated carbocycles. The van der Waals surface area contributed by atoms with E-state index in [1.807, 2.05) is 74.5 Å². The number of nitrogens with zero attached hydrogens (tertiary/aromatic N) is 2. The van der Waals surface area contributed by atoms with Crippen LogP contribution in [-0.2, 0) is 11.3 Å². The van der Waals surface area contributed by atoms with E-state index in [2.05, 4.69) is 26.1 Å². The first-order valence-electron chi connectivity index (χ1n) is 11.3. The van der Waals surface area contributed by atoms with E-state index in [1.54, 1.807) is 0 Å². The molecule has 172 valence electrons. The molecule has 33 heavy (non-hydrogen) atoms. The molecule has 3 N–H and O–H groups in total. The molecular formula is C25H29N5O3. The Morgan fingerprint density at radius 1 is 1.03 bits per heavy atom. The molecule has 0 radical (unpaired) electrons. The van der Waals surface area contributed by atoms with Crippen molar-refractivity contribution in [2.24, 2.45) is 5.92 Å². The van der Waals surface area contributed by atoms with E-state index in [9.17, 15) is 9.59 Å². The van der Waals surface area contributed by atoms with Crippen LogP contribution >= 0.6 is 0 Å². The second-order valence-corrected chi connectivity index (χ2v) is 8.68. The first kappa shape index (κ1) is 22.5. The van der Waals surface area contributed by atoms with Crippen molar-refractivity contribution in [1.29, 1.82) is 0 Å². The van der Waals surface area contributed by atoms with Gasteiger partial charge in [-0.25, -0.2) is 4.79 Å². The highest BCUT2D eigenvalue weighted by molar-refractivity contribution is 5.80. The molecule has 8 nitrogen and oxygen atoms in total. The molecule has 3 aromatic rings. The molecule has 3 atom stereocenters. The van der Waals surface area contributed by atoms with Crippen molar-refractivity contribution in [3.8, 4) is 11.4 Å². The number of urea groups is 1. The Kier molecular flexibility index (Phi) is 7.02. The number of hydrogen-bond acceptors (Lipinski definition) is 5. The second-order valence-electron chi connectivity index (χ2n) is 8.68. The lowest BCUT2D eigenvalue weighted by Crippen LogP contribution is -2.43. The zero-order valence-electron chi connectivity index (χ0n) is 18.8. The molecule has 0 unspecified atom stereocenters. The van der Waals surface area contributed by atoms with Gasteiger partial charge < -0.3 is 20.5 Å². The van der Waals surface area contributed by atoms with Gasteiger partial charge in [-0.15, -0.1) is 0 Å². The molecule has 4 rings (SSSR count). The topological polar surface area (TPSA) is 109 Å². The van der Waals surface area contributed by atoms with Crippen molar-refractivity contribution >= 4 is 11.9 Å². The Balaban J connectivity index is 1.48. The lowest BCUT2D eigenvalue weighted by molar-refractivity contribution is -0.125. The van der Waals surface area contributed by atoms with E-state index < -0.39 is 0 Å². The Labute approximate surface area is 193 Å². The van der Waals surface area contributed by atoms with Crippen LogP contribution in [0.2, 0.25) is 0 Å². The minimum absolute atomic E-state index is 0.0215. The number of nitrogens with one attached hydrogen (secondary N) is 3. The van der Waals surface area contributed by atoms with Crippen molar-refractivity contribution in [2.45, 2.75) is 51.2 Å². The molecule has 1 aliphatic rings. The molecule has 1 aliphatic carbocycles. The summed E-state index contributed by atoms with van der Waals surface area (Å²) in [5, 5.41) is 13.0. The summed E-state index contributed by atoms with van der Waals surface area (Å²) in [6.07, 6.45) is 1.03. The van der Waals surface area contributed by atoms with Gasteiger partial charge in [-0.2, -0.15) is 4.98 Å². The van der Waals surface area contributed by atoms with Crippen LogP contribution in [0.5, 0.6) is 0 Å². The highest BCUT2D eigenvalue weighted by Gasteiger charge is 2.42. The summed E-state index contributed by atoms with van der Waals surface area (Å²) in [7, 11) is 0. The largest absolute Gasteiger partial charge is 0.354 e. The van der Waals surface area contributed by atoms with Gasteiger partial charge in [0.1, 0.15) is 0 Å². The maximum absolute atomic E-state index is 12.7. The van der Waals surface area contributed by atoms with Crippen LogP contribution in [0, 0.1) is 5.92 Å². The van der Waals surface area contributed by atoms with Gasteiger partial charge in [-0.05, 0) is 32.3 Å². The summed E-state index contributed by atoms with van der Waals surface area (Å²) in [6, 6.07) is 18.7. The normalized spacial score (nSPS) is 19.9. The van der Waals surface area contributed by atoms with E-state index in [0.717, 1.165) is 11.1 Å². The lowest BCUT2D eigenvalue weighted by atomic mass is 10.0. The van der Waals surface area contributed by atoms with Gasteiger partial charge in [0.05, 0.1) is 5.92 Å². The van der Waals surface area contributed by atoms with Crippen LogP contribution in [0.15, 0.2) is 65.2 Å². The number of carbonyl (C=O) groups is 2. The predicted octanol–water partition coefficient (Wildman–Crippen LogP) is 3.62. The van der Waals surface area contributed by atoms with E-state index in [0.29, 0.717) is 31.1 Å². The van der Waals surface area contributed by atoms with E-state index in [1.165, 1.54) is 0 Å². The van der Waals surface area contributed by atoms with E-state index in [4.69, 9.17) is 4.52 Å². The summed E-state index contributed by atoms with van der Waals surface area (Å²) < 4.78 is 5.59. The van der Waals surface area contributed by atoms with Gasteiger partial charge in [0.2, 0.25) is 17.6 Å². The van der Waals surface area contributed by atoms with Gasteiger partial charge in [0, 0.05) is 30.1 Å². The highest BCUT2D eigenvalue weighted by Crippen LogP contribution is 2.38. The monoisotopic (exact) mass is 447 g/mol. The van der Waals surface area contributed by atoms with Crippen LogP contribution in [0.4, 0.5) is 4.79 Å². The second kappa shape index (κ2) is 10.3. The molecule has 0 saturated heterocycles. The minimum atomic E-state index is -0.298. The van der Waals surface area contributed by atoms with Crippen LogP contribution < -0.4 is 16.0 Å². The van der Waals surface area contributed by atoms with Crippen molar-refractivity contribution in [3.63, 3.8) is 0 Å².